The topological polar surface area (TPSA) is 46.5 Å². The number of ether oxygens (including phenoxy) is 1. The summed E-state index contributed by atoms with van der Waals surface area (Å²) in [6.07, 6.45) is 0. The Hall–Kier alpha value is -1.65. The standard InChI is InChI=1S/C14H14O3S/c15-10-11-17-12-6-8-14(9-7-12)18(16)13-4-2-1-3-5-13/h1-9,15H,10-11H2/t18-/m1/s1. The average Bonchev–Trinajstić information content (AvgIpc) is 2.46. The first-order valence-corrected chi connectivity index (χ1v) is 6.77. The summed E-state index contributed by atoms with van der Waals surface area (Å²) in [6.45, 7) is 0.249. The van der Waals surface area contributed by atoms with E-state index in [0.717, 1.165) is 9.79 Å². The lowest BCUT2D eigenvalue weighted by Crippen LogP contribution is -2.01. The van der Waals surface area contributed by atoms with Gasteiger partial charge in [-0.05, 0) is 36.4 Å². The molecule has 18 heavy (non-hydrogen) atoms. The third kappa shape index (κ3) is 3.18. The van der Waals surface area contributed by atoms with E-state index in [1.54, 1.807) is 24.3 Å². The zero-order valence-corrected chi connectivity index (χ0v) is 10.6. The van der Waals surface area contributed by atoms with Crippen LogP contribution < -0.4 is 4.74 Å². The highest BCUT2D eigenvalue weighted by Gasteiger charge is 2.06. The Morgan fingerprint density at radius 1 is 0.944 bits per heavy atom. The Balaban J connectivity index is 2.12. The predicted octanol–water partition coefficient (Wildman–Crippen LogP) is 2.22. The number of aliphatic hydroxyl groups excluding tert-OH is 1. The van der Waals surface area contributed by atoms with E-state index in [2.05, 4.69) is 0 Å². The molecule has 2 aromatic rings. The van der Waals surface area contributed by atoms with Crippen LogP contribution in [0.1, 0.15) is 0 Å². The molecular weight excluding hydrogens is 248 g/mol. The average molecular weight is 262 g/mol. The molecule has 0 heterocycles. The first kappa shape index (κ1) is 12.8. The molecule has 2 rings (SSSR count). The second-order valence-corrected chi connectivity index (χ2v) is 5.11. The fourth-order valence-electron chi connectivity index (χ4n) is 1.50. The summed E-state index contributed by atoms with van der Waals surface area (Å²) < 4.78 is 17.4. The molecule has 0 unspecified atom stereocenters. The predicted molar refractivity (Wildman–Crippen MR) is 70.1 cm³/mol. The van der Waals surface area contributed by atoms with E-state index in [-0.39, 0.29) is 13.2 Å². The van der Waals surface area contributed by atoms with Gasteiger partial charge in [-0.3, -0.25) is 0 Å². The van der Waals surface area contributed by atoms with Gasteiger partial charge >= 0.3 is 0 Å². The lowest BCUT2D eigenvalue weighted by atomic mass is 10.3. The quantitative estimate of drug-likeness (QED) is 0.898. The number of hydrogen-bond donors (Lipinski definition) is 1. The normalized spacial score (nSPS) is 12.1. The Morgan fingerprint density at radius 2 is 1.56 bits per heavy atom. The molecule has 0 saturated heterocycles. The third-order valence-electron chi connectivity index (χ3n) is 2.36. The molecule has 2 aromatic carbocycles. The Bertz CT molecular complexity index is 508. The lowest BCUT2D eigenvalue weighted by Gasteiger charge is -2.05. The fourth-order valence-corrected chi connectivity index (χ4v) is 2.56. The minimum absolute atomic E-state index is 0.0162. The van der Waals surface area contributed by atoms with Crippen LogP contribution in [-0.4, -0.2) is 22.5 Å². The van der Waals surface area contributed by atoms with Crippen LogP contribution in [0.5, 0.6) is 5.75 Å². The van der Waals surface area contributed by atoms with Crippen molar-refractivity contribution in [1.29, 1.82) is 0 Å². The van der Waals surface area contributed by atoms with Gasteiger partial charge in [0.05, 0.1) is 17.4 Å². The van der Waals surface area contributed by atoms with Gasteiger partial charge in [0.25, 0.3) is 0 Å². The van der Waals surface area contributed by atoms with Gasteiger partial charge < -0.3 is 9.84 Å². The highest BCUT2D eigenvalue weighted by molar-refractivity contribution is 7.85. The van der Waals surface area contributed by atoms with Crippen LogP contribution in [0.25, 0.3) is 0 Å². The summed E-state index contributed by atoms with van der Waals surface area (Å²) >= 11 is 0. The summed E-state index contributed by atoms with van der Waals surface area (Å²) in [6, 6.07) is 16.4. The van der Waals surface area contributed by atoms with Crippen LogP contribution in [0.2, 0.25) is 0 Å². The summed E-state index contributed by atoms with van der Waals surface area (Å²) in [4.78, 5) is 1.51. The van der Waals surface area contributed by atoms with Crippen molar-refractivity contribution < 1.29 is 14.1 Å². The Kier molecular flexibility index (Phi) is 4.50. The molecule has 1 atom stereocenters. The largest absolute Gasteiger partial charge is 0.491 e. The van der Waals surface area contributed by atoms with Crippen LogP contribution in [0.15, 0.2) is 64.4 Å². The fraction of sp³-hybridized carbons (Fsp3) is 0.143. The summed E-state index contributed by atoms with van der Waals surface area (Å²) in [5, 5.41) is 8.65. The van der Waals surface area contributed by atoms with Crippen LogP contribution in [-0.2, 0) is 10.8 Å². The summed E-state index contributed by atoms with van der Waals surface area (Å²) in [5.74, 6) is 0.665. The van der Waals surface area contributed by atoms with Gasteiger partial charge in [-0.25, -0.2) is 4.21 Å². The lowest BCUT2D eigenvalue weighted by molar-refractivity contribution is 0.201. The number of aliphatic hydroxyl groups is 1. The van der Waals surface area contributed by atoms with Gasteiger partial charge in [-0.1, -0.05) is 18.2 Å². The van der Waals surface area contributed by atoms with Gasteiger partial charge in [0.2, 0.25) is 0 Å². The van der Waals surface area contributed by atoms with Gasteiger partial charge in [0, 0.05) is 9.79 Å². The molecular formula is C14H14O3S. The molecule has 0 aromatic heterocycles. The van der Waals surface area contributed by atoms with Crippen molar-refractivity contribution in [3.05, 3.63) is 54.6 Å². The molecule has 3 nitrogen and oxygen atoms in total. The van der Waals surface area contributed by atoms with E-state index < -0.39 is 10.8 Å². The summed E-state index contributed by atoms with van der Waals surface area (Å²) in [7, 11) is -1.17. The van der Waals surface area contributed by atoms with Crippen molar-refractivity contribution in [2.45, 2.75) is 9.79 Å². The monoisotopic (exact) mass is 262 g/mol. The molecule has 0 saturated carbocycles. The third-order valence-corrected chi connectivity index (χ3v) is 3.76. The van der Waals surface area contributed by atoms with Crippen molar-refractivity contribution in [1.82, 2.24) is 0 Å². The molecule has 1 N–H and O–H groups in total. The SMILES string of the molecule is O=[S@](c1ccccc1)c1ccc(OCCO)cc1. The molecule has 0 radical (unpaired) electrons. The van der Waals surface area contributed by atoms with Gasteiger partial charge in [-0.15, -0.1) is 0 Å². The van der Waals surface area contributed by atoms with Crippen LogP contribution in [0.3, 0.4) is 0 Å². The van der Waals surface area contributed by atoms with Gasteiger partial charge in [0.1, 0.15) is 12.4 Å². The van der Waals surface area contributed by atoms with Crippen molar-refractivity contribution in [2.24, 2.45) is 0 Å². The number of hydrogen-bond acceptors (Lipinski definition) is 3. The molecule has 0 aliphatic carbocycles. The second-order valence-electron chi connectivity index (χ2n) is 3.63. The zero-order valence-electron chi connectivity index (χ0n) is 9.78. The molecule has 0 aliphatic heterocycles. The zero-order chi connectivity index (χ0) is 12.8. The maximum absolute atomic E-state index is 12.2. The molecule has 0 bridgehead atoms. The van der Waals surface area contributed by atoms with Crippen LogP contribution >= 0.6 is 0 Å². The maximum Gasteiger partial charge on any atom is 0.119 e. The summed E-state index contributed by atoms with van der Waals surface area (Å²) in [5.41, 5.74) is 0. The van der Waals surface area contributed by atoms with E-state index >= 15 is 0 Å². The van der Waals surface area contributed by atoms with Gasteiger partial charge in [0.15, 0.2) is 0 Å². The highest BCUT2D eigenvalue weighted by atomic mass is 32.2. The second kappa shape index (κ2) is 6.33. The Labute approximate surface area is 109 Å². The van der Waals surface area contributed by atoms with E-state index in [1.807, 2.05) is 30.3 Å². The van der Waals surface area contributed by atoms with Crippen molar-refractivity contribution in [2.75, 3.05) is 13.2 Å². The molecule has 0 spiro atoms. The van der Waals surface area contributed by atoms with E-state index in [0.29, 0.717) is 5.75 Å². The van der Waals surface area contributed by atoms with Crippen molar-refractivity contribution in [3.63, 3.8) is 0 Å². The van der Waals surface area contributed by atoms with Crippen molar-refractivity contribution in [3.8, 4) is 5.75 Å². The Morgan fingerprint density at radius 3 is 2.17 bits per heavy atom. The van der Waals surface area contributed by atoms with E-state index in [1.165, 1.54) is 0 Å². The molecule has 4 heteroatoms. The number of rotatable bonds is 5. The molecule has 0 amide bonds. The molecule has 0 aliphatic rings. The van der Waals surface area contributed by atoms with E-state index in [4.69, 9.17) is 9.84 Å². The first-order chi connectivity index (χ1) is 8.81. The highest BCUT2D eigenvalue weighted by Crippen LogP contribution is 2.19. The first-order valence-electron chi connectivity index (χ1n) is 5.62. The molecule has 0 fully saturated rings. The van der Waals surface area contributed by atoms with Crippen LogP contribution in [0.4, 0.5) is 0 Å². The number of benzene rings is 2. The van der Waals surface area contributed by atoms with Crippen molar-refractivity contribution >= 4 is 10.8 Å². The minimum Gasteiger partial charge on any atom is -0.491 e. The smallest absolute Gasteiger partial charge is 0.119 e. The van der Waals surface area contributed by atoms with E-state index in [9.17, 15) is 4.21 Å². The van der Waals surface area contributed by atoms with Gasteiger partial charge in [-0.2, -0.15) is 0 Å². The minimum atomic E-state index is -1.17. The van der Waals surface area contributed by atoms with Crippen LogP contribution in [0, 0.1) is 0 Å². The maximum atomic E-state index is 12.2. The molecule has 94 valence electrons.